The normalized spacial score (nSPS) is 21.8. The second-order valence-electron chi connectivity index (χ2n) is 4.34. The number of aryl methyl sites for hydroxylation is 1. The van der Waals surface area contributed by atoms with Crippen molar-refractivity contribution < 1.29 is 12.9 Å². The van der Waals surface area contributed by atoms with Crippen LogP contribution in [0.15, 0.2) is 48.6 Å². The molecule has 3 nitrogen and oxygen atoms in total. The van der Waals surface area contributed by atoms with Crippen molar-refractivity contribution in [2.24, 2.45) is 5.92 Å². The summed E-state index contributed by atoms with van der Waals surface area (Å²) < 4.78 is 26.7. The maximum Gasteiger partial charge on any atom is 0.105 e. The van der Waals surface area contributed by atoms with Crippen LogP contribution < -0.4 is 0 Å². The number of benzene rings is 1. The largest absolute Gasteiger partial charge is 0.750 e. The molecule has 0 aliphatic heterocycles. The van der Waals surface area contributed by atoms with Crippen LogP contribution in [0, 0.1) is 12.8 Å². The average Bonchev–Trinajstić information content (AvgIpc) is 2.38. The molecule has 1 aromatic carbocycles. The summed E-state index contributed by atoms with van der Waals surface area (Å²) in [5.74, 6) is 0.0515. The maximum absolute atomic E-state index is 10.8. The Balaban J connectivity index is 2.24. The number of allylic oxidation sites excluding steroid dienone is 3. The van der Waals surface area contributed by atoms with Gasteiger partial charge in [0.1, 0.15) is 6.10 Å². The highest BCUT2D eigenvalue weighted by Crippen LogP contribution is 2.32. The summed E-state index contributed by atoms with van der Waals surface area (Å²) in [6, 6.07) is 7.75. The zero-order valence-corrected chi connectivity index (χ0v) is 10.9. The summed E-state index contributed by atoms with van der Waals surface area (Å²) in [6.07, 6.45) is 8.21. The monoisotopic (exact) mass is 263 g/mol. The summed E-state index contributed by atoms with van der Waals surface area (Å²) in [5, 5.41) is 0. The van der Waals surface area contributed by atoms with E-state index in [4.69, 9.17) is 4.18 Å². The van der Waals surface area contributed by atoms with Crippen LogP contribution in [0.25, 0.3) is 0 Å². The van der Waals surface area contributed by atoms with Gasteiger partial charge >= 0.3 is 0 Å². The van der Waals surface area contributed by atoms with Gasteiger partial charge in [0.25, 0.3) is 0 Å². The van der Waals surface area contributed by atoms with Crippen LogP contribution in [0.4, 0.5) is 0 Å². The first-order valence-electron chi connectivity index (χ1n) is 5.83. The van der Waals surface area contributed by atoms with E-state index >= 15 is 0 Å². The average molecular weight is 263 g/mol. The van der Waals surface area contributed by atoms with Gasteiger partial charge in [-0.1, -0.05) is 54.1 Å². The first-order chi connectivity index (χ1) is 8.66. The first kappa shape index (κ1) is 13.2. The molecule has 0 saturated heterocycles. The van der Waals surface area contributed by atoms with E-state index in [1.165, 1.54) is 0 Å². The molecule has 0 fully saturated rings. The van der Waals surface area contributed by atoms with E-state index in [-0.39, 0.29) is 5.92 Å². The third-order valence-electron chi connectivity index (χ3n) is 2.99. The topological polar surface area (TPSA) is 49.4 Å². The van der Waals surface area contributed by atoms with Gasteiger partial charge in [0, 0.05) is 5.92 Å². The molecular formula is C14H15O3S-. The van der Waals surface area contributed by atoms with E-state index in [0.717, 1.165) is 17.5 Å². The minimum absolute atomic E-state index is 0.0515. The van der Waals surface area contributed by atoms with Crippen molar-refractivity contribution in [3.63, 3.8) is 0 Å². The van der Waals surface area contributed by atoms with Gasteiger partial charge in [-0.25, -0.2) is 4.21 Å². The Hall–Kier alpha value is -1.23. The molecule has 0 saturated carbocycles. The van der Waals surface area contributed by atoms with E-state index in [2.05, 4.69) is 0 Å². The zero-order valence-electron chi connectivity index (χ0n) is 10.1. The molecule has 0 bridgehead atoms. The third-order valence-corrected chi connectivity index (χ3v) is 3.36. The molecule has 3 atom stereocenters. The van der Waals surface area contributed by atoms with Gasteiger partial charge in [0.15, 0.2) is 0 Å². The molecule has 96 valence electrons. The smallest absolute Gasteiger partial charge is 0.105 e. The molecule has 1 aliphatic rings. The number of rotatable bonds is 4. The highest BCUT2D eigenvalue weighted by molar-refractivity contribution is 7.74. The molecule has 18 heavy (non-hydrogen) atoms. The fourth-order valence-electron chi connectivity index (χ4n) is 2.04. The van der Waals surface area contributed by atoms with E-state index in [0.29, 0.717) is 0 Å². The molecule has 2 rings (SSSR count). The molecule has 0 spiro atoms. The molecule has 0 heterocycles. The second-order valence-corrected chi connectivity index (χ2v) is 4.94. The summed E-state index contributed by atoms with van der Waals surface area (Å²) >= 11 is -2.51. The van der Waals surface area contributed by atoms with Crippen LogP contribution in [0.2, 0.25) is 0 Å². The predicted octanol–water partition coefficient (Wildman–Crippen LogP) is 2.98. The SMILES string of the molecule is Cc1ccc(C(OS(=O)[O-])C2C=CC=CC2)cc1. The minimum Gasteiger partial charge on any atom is -0.750 e. The van der Waals surface area contributed by atoms with Crippen molar-refractivity contribution in [3.8, 4) is 0 Å². The molecule has 0 aromatic heterocycles. The second kappa shape index (κ2) is 6.09. The molecule has 1 aliphatic carbocycles. The highest BCUT2D eigenvalue weighted by Gasteiger charge is 2.22. The van der Waals surface area contributed by atoms with Crippen LogP contribution in [-0.4, -0.2) is 8.76 Å². The third kappa shape index (κ3) is 3.38. The Morgan fingerprint density at radius 3 is 2.61 bits per heavy atom. The predicted molar refractivity (Wildman–Crippen MR) is 70.3 cm³/mol. The van der Waals surface area contributed by atoms with Crippen LogP contribution >= 0.6 is 0 Å². The molecular weight excluding hydrogens is 248 g/mol. The van der Waals surface area contributed by atoms with E-state index in [1.807, 2.05) is 55.5 Å². The highest BCUT2D eigenvalue weighted by atomic mass is 32.2. The lowest BCUT2D eigenvalue weighted by molar-refractivity contribution is 0.160. The van der Waals surface area contributed by atoms with E-state index < -0.39 is 17.5 Å². The standard InChI is InChI=1S/C14H16O3S/c1-11-7-9-13(10-8-11)14(17-18(15)16)12-5-3-2-4-6-12/h2-5,7-10,12,14H,6H2,1H3,(H,15,16)/p-1. The van der Waals surface area contributed by atoms with Crippen LogP contribution in [-0.2, 0) is 15.5 Å². The lowest BCUT2D eigenvalue weighted by atomic mass is 9.90. The van der Waals surface area contributed by atoms with Gasteiger partial charge in [-0.3, -0.25) is 4.18 Å². The Morgan fingerprint density at radius 2 is 2.06 bits per heavy atom. The first-order valence-corrected chi connectivity index (χ1v) is 6.83. The Morgan fingerprint density at radius 1 is 1.33 bits per heavy atom. The van der Waals surface area contributed by atoms with Gasteiger partial charge in [-0.15, -0.1) is 0 Å². The minimum atomic E-state index is -2.51. The van der Waals surface area contributed by atoms with Crippen LogP contribution in [0.3, 0.4) is 0 Å². The summed E-state index contributed by atoms with van der Waals surface area (Å²) in [5.41, 5.74) is 2.02. The Kier molecular flexibility index (Phi) is 4.47. The van der Waals surface area contributed by atoms with Gasteiger partial charge < -0.3 is 4.55 Å². The van der Waals surface area contributed by atoms with Gasteiger partial charge in [0.2, 0.25) is 0 Å². The van der Waals surface area contributed by atoms with Gasteiger partial charge in [-0.2, -0.15) is 0 Å². The van der Waals surface area contributed by atoms with Gasteiger partial charge in [0.05, 0.1) is 11.4 Å². The molecule has 3 unspecified atom stereocenters. The van der Waals surface area contributed by atoms with Crippen molar-refractivity contribution in [2.75, 3.05) is 0 Å². The Labute approximate surface area is 110 Å². The summed E-state index contributed by atoms with van der Waals surface area (Å²) in [6.45, 7) is 1.99. The fraction of sp³-hybridized carbons (Fsp3) is 0.286. The summed E-state index contributed by atoms with van der Waals surface area (Å²) in [4.78, 5) is 0. The molecule has 0 N–H and O–H groups in total. The van der Waals surface area contributed by atoms with Crippen molar-refractivity contribution >= 4 is 11.4 Å². The fourth-order valence-corrected chi connectivity index (χ4v) is 2.46. The van der Waals surface area contributed by atoms with Crippen molar-refractivity contribution in [2.45, 2.75) is 19.4 Å². The maximum atomic E-state index is 10.8. The number of hydrogen-bond donors (Lipinski definition) is 0. The van der Waals surface area contributed by atoms with Gasteiger partial charge in [-0.05, 0) is 18.9 Å². The lowest BCUT2D eigenvalue weighted by Gasteiger charge is -2.26. The number of hydrogen-bond acceptors (Lipinski definition) is 3. The summed E-state index contributed by atoms with van der Waals surface area (Å²) in [7, 11) is 0. The van der Waals surface area contributed by atoms with Crippen molar-refractivity contribution in [1.82, 2.24) is 0 Å². The van der Waals surface area contributed by atoms with E-state index in [9.17, 15) is 8.76 Å². The quantitative estimate of drug-likeness (QED) is 0.785. The van der Waals surface area contributed by atoms with E-state index in [1.54, 1.807) is 0 Å². The van der Waals surface area contributed by atoms with Crippen LogP contribution in [0.1, 0.15) is 23.7 Å². The molecule has 0 radical (unpaired) electrons. The Bertz CT molecular complexity index is 476. The molecule has 0 amide bonds. The molecule has 4 heteroatoms. The molecule has 1 aromatic rings. The lowest BCUT2D eigenvalue weighted by Crippen LogP contribution is -2.16. The van der Waals surface area contributed by atoms with Crippen molar-refractivity contribution in [3.05, 3.63) is 59.7 Å². The zero-order chi connectivity index (χ0) is 13.0. The van der Waals surface area contributed by atoms with Crippen LogP contribution in [0.5, 0.6) is 0 Å². The van der Waals surface area contributed by atoms with Crippen molar-refractivity contribution in [1.29, 1.82) is 0 Å².